The predicted octanol–water partition coefficient (Wildman–Crippen LogP) is 8.63. The average Bonchev–Trinajstić information content (AvgIpc) is 1.63. The summed E-state index contributed by atoms with van der Waals surface area (Å²) in [7, 11) is 4.35. The maximum Gasteiger partial charge on any atom is 0.410 e. The lowest BCUT2D eigenvalue weighted by molar-refractivity contribution is -0.136. The number of nitrogens with one attached hydrogen (secondary N) is 4. The first-order valence-electron chi connectivity index (χ1n) is 32.8. The number of rotatable bonds is 24. The van der Waals surface area contributed by atoms with E-state index in [9.17, 15) is 38.4 Å². The van der Waals surface area contributed by atoms with E-state index in [1.807, 2.05) is 74.5 Å². The predicted molar refractivity (Wildman–Crippen MR) is 355 cm³/mol. The van der Waals surface area contributed by atoms with E-state index in [2.05, 4.69) is 79.1 Å². The van der Waals surface area contributed by atoms with E-state index in [1.165, 1.54) is 31.1 Å². The van der Waals surface area contributed by atoms with Crippen molar-refractivity contribution in [2.24, 2.45) is 10.1 Å². The van der Waals surface area contributed by atoms with Crippen molar-refractivity contribution in [3.8, 4) is 22.3 Å². The van der Waals surface area contributed by atoms with Crippen molar-refractivity contribution in [3.63, 3.8) is 0 Å². The topological polar surface area (TPSA) is 280 Å². The molecule has 24 heteroatoms. The first kappa shape index (κ1) is 70.6. The van der Waals surface area contributed by atoms with Crippen molar-refractivity contribution in [2.75, 3.05) is 60.8 Å². The Bertz CT molecular complexity index is 3450. The minimum atomic E-state index is -1.11. The van der Waals surface area contributed by atoms with Crippen LogP contribution >= 0.6 is 11.6 Å². The summed E-state index contributed by atoms with van der Waals surface area (Å²) in [6.45, 7) is 12.4. The molecule has 4 N–H and O–H groups in total. The Kier molecular flexibility index (Phi) is 24.3. The zero-order valence-electron chi connectivity index (χ0n) is 55.0. The van der Waals surface area contributed by atoms with Crippen LogP contribution in [0.5, 0.6) is 0 Å². The molecule has 7 aliphatic rings. The molecular formula is C71H87ClN8O15. The van der Waals surface area contributed by atoms with Gasteiger partial charge < -0.3 is 54.5 Å². The van der Waals surface area contributed by atoms with Gasteiger partial charge in [0.05, 0.1) is 31.8 Å². The second-order valence-corrected chi connectivity index (χ2v) is 25.0. The highest BCUT2D eigenvalue weighted by Gasteiger charge is 2.56. The number of methoxy groups -OCH3 is 2. The number of oxime groups is 1. The van der Waals surface area contributed by atoms with Gasteiger partial charge in [-0.15, -0.1) is 0 Å². The fraction of sp³-hybridized carbons (Fsp3) is 0.493. The van der Waals surface area contributed by atoms with Crippen molar-refractivity contribution in [1.82, 2.24) is 31.1 Å². The number of ether oxygens (including phenoxy) is 6. The van der Waals surface area contributed by atoms with Gasteiger partial charge in [-0.3, -0.25) is 34.0 Å². The summed E-state index contributed by atoms with van der Waals surface area (Å²) in [4.78, 5) is 115. The van der Waals surface area contributed by atoms with Gasteiger partial charge in [0.25, 0.3) is 11.8 Å². The number of carbonyl (C=O) groups excluding carboxylic acids is 8. The number of hydrogen-bond acceptors (Lipinski definition) is 17. The Hall–Kier alpha value is -8.67. The third-order valence-corrected chi connectivity index (χ3v) is 18.2. The summed E-state index contributed by atoms with van der Waals surface area (Å²) in [5, 5.41) is 15.8. The van der Waals surface area contributed by atoms with Crippen LogP contribution in [0.15, 0.2) is 119 Å². The van der Waals surface area contributed by atoms with Crippen molar-refractivity contribution >= 4 is 70.2 Å². The van der Waals surface area contributed by atoms with Crippen LogP contribution in [0.2, 0.25) is 0 Å². The van der Waals surface area contributed by atoms with Crippen LogP contribution in [0.3, 0.4) is 0 Å². The molecule has 7 atom stereocenters. The maximum absolute atomic E-state index is 14.0. The highest BCUT2D eigenvalue weighted by molar-refractivity contribution is 6.82. The van der Waals surface area contributed by atoms with E-state index >= 15 is 0 Å². The molecule has 4 aromatic carbocycles. The van der Waals surface area contributed by atoms with Crippen LogP contribution in [0.25, 0.3) is 22.3 Å². The Balaban J connectivity index is 0.000000200. The average molecular weight is 1330 g/mol. The molecule has 4 fully saturated rings. The molecule has 508 valence electrons. The fourth-order valence-corrected chi connectivity index (χ4v) is 13.0. The van der Waals surface area contributed by atoms with Gasteiger partial charge >= 0.3 is 24.1 Å². The number of amides is 6. The number of nitrogens with zero attached hydrogens (tertiary/aromatic N) is 4. The van der Waals surface area contributed by atoms with Gasteiger partial charge in [0.2, 0.25) is 17.0 Å². The van der Waals surface area contributed by atoms with Crippen molar-refractivity contribution in [2.45, 2.75) is 164 Å². The molecule has 3 aliphatic heterocycles. The number of benzene rings is 4. The first-order chi connectivity index (χ1) is 45.9. The summed E-state index contributed by atoms with van der Waals surface area (Å²) in [5.41, 5.74) is 8.67. The third kappa shape index (κ3) is 17.1. The molecule has 6 amide bonds. The number of carbonyl (C=O) groups is 8. The van der Waals surface area contributed by atoms with E-state index in [4.69, 9.17) is 40.1 Å². The van der Waals surface area contributed by atoms with Gasteiger partial charge in [-0.05, 0) is 103 Å². The summed E-state index contributed by atoms with van der Waals surface area (Å²) in [6, 6.07) is 29.8. The van der Waals surface area contributed by atoms with Gasteiger partial charge in [0.1, 0.15) is 25.3 Å². The number of likely N-dealkylation sites (tertiary alicyclic amines) is 2. The van der Waals surface area contributed by atoms with E-state index in [0.29, 0.717) is 32.3 Å². The van der Waals surface area contributed by atoms with Gasteiger partial charge in [-0.1, -0.05) is 153 Å². The molecular weight excluding hydrogens is 1240 g/mol. The highest BCUT2D eigenvalue weighted by Crippen LogP contribution is 2.47. The van der Waals surface area contributed by atoms with E-state index in [1.54, 1.807) is 13.8 Å². The molecule has 23 nitrogen and oxygen atoms in total. The lowest BCUT2D eigenvalue weighted by Gasteiger charge is -2.29. The van der Waals surface area contributed by atoms with Crippen molar-refractivity contribution < 1.29 is 71.6 Å². The monoisotopic (exact) mass is 1330 g/mol. The summed E-state index contributed by atoms with van der Waals surface area (Å²) in [6.07, 6.45) is 3.83. The van der Waals surface area contributed by atoms with Crippen LogP contribution in [-0.2, 0) is 62.0 Å². The Morgan fingerprint density at radius 3 is 1.47 bits per heavy atom. The second-order valence-electron chi connectivity index (χ2n) is 24.7. The van der Waals surface area contributed by atoms with E-state index in [-0.39, 0.29) is 98.3 Å². The number of halogens is 1. The molecule has 0 aromatic heterocycles. The van der Waals surface area contributed by atoms with Crippen LogP contribution < -0.4 is 21.3 Å². The largest absolute Gasteiger partial charge is 0.461 e. The molecule has 11 rings (SSSR count). The Labute approximate surface area is 559 Å². The van der Waals surface area contributed by atoms with Gasteiger partial charge in [0.15, 0.2) is 23.5 Å². The van der Waals surface area contributed by atoms with Crippen LogP contribution in [-0.4, -0.2) is 183 Å². The summed E-state index contributed by atoms with van der Waals surface area (Å²) >= 11 is 5.27. The standard InChI is InChI=1S/C35H42N4O8.C31H37N3O5.C5H8ClNO2/c1-4-10-27(30(44-3)32(41)36-21-15-16-21)37-31(40)29-18-35(17-28(38-47-35)33(42)45-5-2)20-39(29)34(43)46-19-26-24-13-8-6-11-22(24)23-12-7-9-14-25(23)26;1-4-9-26(28(38-3)30(36)32-20-14-15-20)33-29(35)27-16-19(2)17-34(27)31(37)39-18-25-23-12-7-5-10-21(23)22-11-6-8-13-24(22)25;1-3-9-5(8)4(6)7-2/h6-9,11-14,21,26-27,29-30H,4-5,10,15-20H2,1-3H3,(H,36,41)(H,37,40);5-8,10-13,20,25-28H,2,4,9,14-18H2,1,3H3,(H,32,36)(H,33,35);3H2,1-2H3/t27-,29-,30?,35+;26-,27-,28?;/m00./s1. The molecule has 1 spiro atoms. The Morgan fingerprint density at radius 1 is 0.632 bits per heavy atom. The maximum atomic E-state index is 14.0. The quantitative estimate of drug-likeness (QED) is 0.0221. The second kappa shape index (κ2) is 32.6. The SMILES string of the molecule is C=C1C[C@@H](C(=O)N[C@@H](CCC)C(OC)C(=O)NC2CC2)N(C(=O)OCC2c3ccccc3-c3ccccc32)C1.CCC[C@H](NC(=O)[C@@H]1C[C@]2(CC(C(=O)OCC)=NO2)CN1C(=O)OCC1c2ccccc2-c2ccccc21)C(OC)C(=O)NC1CC1.CCOC(=O)C(Cl)=NC. The Morgan fingerprint density at radius 2 is 1.06 bits per heavy atom. The molecule has 2 unspecified atom stereocenters. The molecule has 0 radical (unpaired) electrons. The number of esters is 2. The minimum Gasteiger partial charge on any atom is -0.461 e. The van der Waals surface area contributed by atoms with E-state index < -0.39 is 72.0 Å². The number of aliphatic imine (C=N–C) groups is 1. The van der Waals surface area contributed by atoms with Gasteiger partial charge in [0, 0.05) is 64.6 Å². The first-order valence-corrected chi connectivity index (χ1v) is 33.2. The molecule has 2 saturated heterocycles. The van der Waals surface area contributed by atoms with E-state index in [0.717, 1.165) is 82.2 Å². The zero-order valence-corrected chi connectivity index (χ0v) is 55.8. The lowest BCUT2D eigenvalue weighted by atomic mass is 9.93. The normalized spacial score (nSPS) is 20.3. The molecule has 3 heterocycles. The highest BCUT2D eigenvalue weighted by atomic mass is 35.5. The number of fused-ring (bicyclic) bond motifs is 6. The summed E-state index contributed by atoms with van der Waals surface area (Å²) < 4.78 is 32.5. The minimum absolute atomic E-state index is 0.0253. The van der Waals surface area contributed by atoms with Crippen molar-refractivity contribution in [3.05, 3.63) is 131 Å². The fourth-order valence-electron chi connectivity index (χ4n) is 13.0. The van der Waals surface area contributed by atoms with Gasteiger partial charge in [-0.25, -0.2) is 19.2 Å². The van der Waals surface area contributed by atoms with Crippen LogP contribution in [0.4, 0.5) is 9.59 Å². The summed E-state index contributed by atoms with van der Waals surface area (Å²) in [5.74, 6) is -2.71. The zero-order chi connectivity index (χ0) is 67.9. The van der Waals surface area contributed by atoms with Crippen LogP contribution in [0, 0.1) is 0 Å². The third-order valence-electron chi connectivity index (χ3n) is 17.8. The number of hydrogen-bond donors (Lipinski definition) is 4. The smallest absolute Gasteiger partial charge is 0.410 e. The van der Waals surface area contributed by atoms with Gasteiger partial charge in [-0.2, -0.15) is 0 Å². The lowest BCUT2D eigenvalue weighted by Crippen LogP contribution is -2.55. The molecule has 95 heavy (non-hydrogen) atoms. The molecule has 4 aromatic rings. The van der Waals surface area contributed by atoms with Crippen LogP contribution in [0.1, 0.15) is 132 Å². The molecule has 0 bridgehead atoms. The molecule has 2 saturated carbocycles. The van der Waals surface area contributed by atoms with Crippen molar-refractivity contribution in [1.29, 1.82) is 0 Å². The molecule has 4 aliphatic carbocycles.